The summed E-state index contributed by atoms with van der Waals surface area (Å²) in [5, 5.41) is 0. The summed E-state index contributed by atoms with van der Waals surface area (Å²) in [6.07, 6.45) is 83.8. The van der Waals surface area contributed by atoms with E-state index in [-0.39, 0.29) is 37.5 Å². The lowest BCUT2D eigenvalue weighted by atomic mass is 10.0. The van der Waals surface area contributed by atoms with E-state index in [4.69, 9.17) is 14.2 Å². The molecule has 0 saturated heterocycles. The predicted molar refractivity (Wildman–Crippen MR) is 330 cm³/mol. The molecule has 0 aliphatic heterocycles. The third kappa shape index (κ3) is 61.7. The molecule has 0 fully saturated rings. The van der Waals surface area contributed by atoms with Crippen LogP contribution in [0.15, 0.2) is 72.9 Å². The summed E-state index contributed by atoms with van der Waals surface area (Å²) in [5.74, 6) is -0.977. The number of carbonyl (C=O) groups excluding carboxylic acids is 3. The van der Waals surface area contributed by atoms with Gasteiger partial charge in [0.25, 0.3) is 0 Å². The Kier molecular flexibility index (Phi) is 61.7. The van der Waals surface area contributed by atoms with Gasteiger partial charge in [0.1, 0.15) is 13.2 Å². The van der Waals surface area contributed by atoms with E-state index in [0.717, 1.165) is 77.0 Å². The highest BCUT2D eigenvalue weighted by molar-refractivity contribution is 5.71. The smallest absolute Gasteiger partial charge is 0.306 e. The minimum Gasteiger partial charge on any atom is -0.462 e. The maximum atomic E-state index is 12.9. The Balaban J connectivity index is 4.24. The average molecular weight is 1060 g/mol. The maximum Gasteiger partial charge on any atom is 0.306 e. The number of esters is 3. The van der Waals surface area contributed by atoms with Gasteiger partial charge in [-0.05, 0) is 77.0 Å². The first-order chi connectivity index (χ1) is 37.5. The van der Waals surface area contributed by atoms with E-state index in [9.17, 15) is 14.4 Å². The standard InChI is InChI=1S/C70H124O6/c1-4-7-10-13-16-19-22-25-27-29-30-31-32-33-34-35-36-37-38-39-41-42-45-48-51-54-57-60-63-69(72)75-66-67(65-74-68(71)62-59-56-53-50-47-44-24-21-18-15-12-9-6-3)76-70(73)64-61-58-55-52-49-46-43-40-28-26-23-20-17-14-11-8-5-2/h9,12,17-18,20-21,26,28,44,47,53,56,67H,4-8,10-11,13-16,19,22-25,27,29-43,45-46,48-52,54-55,57-66H2,1-3H3/b12-9-,20-17-,21-18-,28-26-,47-44-,56-53-. The minimum absolute atomic E-state index is 0.0980. The summed E-state index contributed by atoms with van der Waals surface area (Å²) in [6, 6.07) is 0. The molecule has 0 heterocycles. The minimum atomic E-state index is -0.808. The van der Waals surface area contributed by atoms with Crippen molar-refractivity contribution in [3.05, 3.63) is 72.9 Å². The van der Waals surface area contributed by atoms with Gasteiger partial charge in [-0.25, -0.2) is 0 Å². The Hall–Kier alpha value is -3.15. The highest BCUT2D eigenvalue weighted by Gasteiger charge is 2.19. The van der Waals surface area contributed by atoms with Crippen LogP contribution in [0.1, 0.15) is 335 Å². The molecule has 440 valence electrons. The SMILES string of the molecule is CC/C=C\C/C=C\C/C=C\C/C=C\CCC(=O)OCC(COC(=O)CCCCCCCCCCCCCCCCCCCCCCCCCCCCCC)OC(=O)CCCCCCCCC/C=C\C/C=C\CCCCC. The van der Waals surface area contributed by atoms with Gasteiger partial charge in [0.15, 0.2) is 6.10 Å². The first kappa shape index (κ1) is 72.8. The van der Waals surface area contributed by atoms with E-state index >= 15 is 0 Å². The Labute approximate surface area is 472 Å². The summed E-state index contributed by atoms with van der Waals surface area (Å²) in [7, 11) is 0. The van der Waals surface area contributed by atoms with Crippen molar-refractivity contribution in [3.8, 4) is 0 Å². The summed E-state index contributed by atoms with van der Waals surface area (Å²) < 4.78 is 16.8. The molecule has 1 atom stereocenters. The van der Waals surface area contributed by atoms with Crippen molar-refractivity contribution in [2.75, 3.05) is 13.2 Å². The van der Waals surface area contributed by atoms with Crippen molar-refractivity contribution >= 4 is 17.9 Å². The van der Waals surface area contributed by atoms with Gasteiger partial charge >= 0.3 is 17.9 Å². The molecule has 0 aliphatic carbocycles. The summed E-state index contributed by atoms with van der Waals surface area (Å²) in [5.41, 5.74) is 0. The maximum absolute atomic E-state index is 12.9. The van der Waals surface area contributed by atoms with Gasteiger partial charge < -0.3 is 14.2 Å². The Bertz CT molecular complexity index is 1400. The van der Waals surface area contributed by atoms with E-state index in [0.29, 0.717) is 19.3 Å². The lowest BCUT2D eigenvalue weighted by Gasteiger charge is -2.18. The van der Waals surface area contributed by atoms with Gasteiger partial charge in [0.2, 0.25) is 0 Å². The number of unbranched alkanes of at least 4 members (excludes halogenated alkanes) is 37. The Morgan fingerprint density at radius 3 is 0.908 bits per heavy atom. The number of hydrogen-bond donors (Lipinski definition) is 0. The van der Waals surface area contributed by atoms with Gasteiger partial charge in [-0.15, -0.1) is 0 Å². The fourth-order valence-corrected chi connectivity index (χ4v) is 9.55. The molecule has 0 bridgehead atoms. The van der Waals surface area contributed by atoms with E-state index < -0.39 is 6.10 Å². The van der Waals surface area contributed by atoms with Crippen LogP contribution in [0.4, 0.5) is 0 Å². The molecular weight excluding hydrogens is 937 g/mol. The highest BCUT2D eigenvalue weighted by atomic mass is 16.6. The molecule has 0 radical (unpaired) electrons. The topological polar surface area (TPSA) is 78.9 Å². The van der Waals surface area contributed by atoms with Crippen LogP contribution >= 0.6 is 0 Å². The van der Waals surface area contributed by atoms with E-state index in [1.165, 1.54) is 212 Å². The largest absolute Gasteiger partial charge is 0.462 e. The molecule has 0 saturated carbocycles. The van der Waals surface area contributed by atoms with Crippen molar-refractivity contribution in [2.45, 2.75) is 341 Å². The van der Waals surface area contributed by atoms with Gasteiger partial charge in [-0.3, -0.25) is 14.4 Å². The third-order valence-corrected chi connectivity index (χ3v) is 14.5. The van der Waals surface area contributed by atoms with Gasteiger partial charge in [0.05, 0.1) is 0 Å². The van der Waals surface area contributed by atoms with Crippen molar-refractivity contribution in [2.24, 2.45) is 0 Å². The van der Waals surface area contributed by atoms with Crippen LogP contribution < -0.4 is 0 Å². The number of hydrogen-bond acceptors (Lipinski definition) is 6. The molecule has 0 rings (SSSR count). The summed E-state index contributed by atoms with van der Waals surface area (Å²) >= 11 is 0. The van der Waals surface area contributed by atoms with Crippen LogP contribution in [0.5, 0.6) is 0 Å². The molecular formula is C70H124O6. The lowest BCUT2D eigenvalue weighted by Crippen LogP contribution is -2.30. The van der Waals surface area contributed by atoms with Crippen molar-refractivity contribution in [1.29, 1.82) is 0 Å². The number of ether oxygens (including phenoxy) is 3. The van der Waals surface area contributed by atoms with Crippen LogP contribution in [-0.2, 0) is 28.6 Å². The number of carbonyl (C=O) groups is 3. The number of rotatable bonds is 60. The molecule has 0 aliphatic rings. The Morgan fingerprint density at radius 1 is 0.276 bits per heavy atom. The molecule has 1 unspecified atom stereocenters. The monoisotopic (exact) mass is 1060 g/mol. The summed E-state index contributed by atoms with van der Waals surface area (Å²) in [4.78, 5) is 38.2. The van der Waals surface area contributed by atoms with E-state index in [1.807, 2.05) is 6.08 Å². The lowest BCUT2D eigenvalue weighted by molar-refractivity contribution is -0.166. The summed E-state index contributed by atoms with van der Waals surface area (Å²) in [6.45, 7) is 6.47. The zero-order valence-electron chi connectivity index (χ0n) is 50.5. The first-order valence-electron chi connectivity index (χ1n) is 32.9. The van der Waals surface area contributed by atoms with Crippen LogP contribution in [0.25, 0.3) is 0 Å². The van der Waals surface area contributed by atoms with Crippen molar-refractivity contribution < 1.29 is 28.6 Å². The fourth-order valence-electron chi connectivity index (χ4n) is 9.55. The van der Waals surface area contributed by atoms with E-state index in [2.05, 4.69) is 87.6 Å². The van der Waals surface area contributed by atoms with Crippen molar-refractivity contribution in [3.63, 3.8) is 0 Å². The molecule has 0 N–H and O–H groups in total. The van der Waals surface area contributed by atoms with Crippen LogP contribution in [0.2, 0.25) is 0 Å². The first-order valence-corrected chi connectivity index (χ1v) is 32.9. The highest BCUT2D eigenvalue weighted by Crippen LogP contribution is 2.18. The van der Waals surface area contributed by atoms with Gasteiger partial charge in [-0.1, -0.05) is 312 Å². The van der Waals surface area contributed by atoms with Crippen LogP contribution in [0, 0.1) is 0 Å². The second-order valence-corrected chi connectivity index (χ2v) is 22.0. The molecule has 6 nitrogen and oxygen atoms in total. The zero-order valence-corrected chi connectivity index (χ0v) is 50.5. The Morgan fingerprint density at radius 2 is 0.539 bits per heavy atom. The van der Waals surface area contributed by atoms with Gasteiger partial charge in [0, 0.05) is 19.3 Å². The third-order valence-electron chi connectivity index (χ3n) is 14.5. The number of allylic oxidation sites excluding steroid dienone is 12. The van der Waals surface area contributed by atoms with E-state index in [1.54, 1.807) is 0 Å². The quantitative estimate of drug-likeness (QED) is 0.0261. The second kappa shape index (κ2) is 64.4. The zero-order chi connectivity index (χ0) is 55.0. The second-order valence-electron chi connectivity index (χ2n) is 22.0. The predicted octanol–water partition coefficient (Wildman–Crippen LogP) is 22.5. The van der Waals surface area contributed by atoms with Gasteiger partial charge in [-0.2, -0.15) is 0 Å². The molecule has 0 aromatic carbocycles. The molecule has 0 aromatic rings. The average Bonchev–Trinajstić information content (AvgIpc) is 3.42. The van der Waals surface area contributed by atoms with Crippen molar-refractivity contribution in [1.82, 2.24) is 0 Å². The molecule has 0 spiro atoms. The molecule has 0 amide bonds. The normalized spacial score (nSPS) is 12.5. The fraction of sp³-hybridized carbons (Fsp3) is 0.786. The molecule has 76 heavy (non-hydrogen) atoms. The molecule has 6 heteroatoms. The van der Waals surface area contributed by atoms with Crippen LogP contribution in [-0.4, -0.2) is 37.2 Å². The molecule has 0 aromatic heterocycles. The van der Waals surface area contributed by atoms with Crippen LogP contribution in [0.3, 0.4) is 0 Å².